The summed E-state index contributed by atoms with van der Waals surface area (Å²) in [5.41, 5.74) is 2.12. The van der Waals surface area contributed by atoms with Crippen molar-refractivity contribution >= 4 is 16.8 Å². The van der Waals surface area contributed by atoms with E-state index < -0.39 is 5.63 Å². The molecule has 0 aliphatic rings. The predicted molar refractivity (Wildman–Crippen MR) is 97.1 cm³/mol. The Morgan fingerprint density at radius 2 is 1.85 bits per heavy atom. The number of aryl methyl sites for hydroxylation is 2. The van der Waals surface area contributed by atoms with Crippen molar-refractivity contribution in [1.29, 1.82) is 0 Å². The van der Waals surface area contributed by atoms with Gasteiger partial charge in [-0.25, -0.2) is 9.18 Å². The number of hydrogen-bond donors (Lipinski definition) is 0. The molecule has 0 unspecified atom stereocenters. The van der Waals surface area contributed by atoms with Gasteiger partial charge in [-0.05, 0) is 44.5 Å². The lowest BCUT2D eigenvalue weighted by atomic mass is 10.0. The number of halogens is 1. The van der Waals surface area contributed by atoms with E-state index in [4.69, 9.17) is 9.15 Å². The van der Waals surface area contributed by atoms with Crippen molar-refractivity contribution in [3.05, 3.63) is 74.9 Å². The van der Waals surface area contributed by atoms with Gasteiger partial charge in [-0.15, -0.1) is 0 Å². The van der Waals surface area contributed by atoms with Crippen molar-refractivity contribution < 1.29 is 18.3 Å². The van der Waals surface area contributed by atoms with E-state index in [-0.39, 0.29) is 24.6 Å². The van der Waals surface area contributed by atoms with Crippen LogP contribution >= 0.6 is 0 Å². The molecule has 0 aliphatic heterocycles. The van der Waals surface area contributed by atoms with Crippen LogP contribution in [-0.4, -0.2) is 5.78 Å². The van der Waals surface area contributed by atoms with E-state index in [2.05, 4.69) is 0 Å². The zero-order valence-electron chi connectivity index (χ0n) is 14.9. The molecular weight excluding hydrogens is 335 g/mol. The SMILES string of the molecule is CC(=O)Cc1c(C)c2ccc(OCc3ccccc3F)c(C)c2oc1=O. The lowest BCUT2D eigenvalue weighted by Crippen LogP contribution is -2.14. The predicted octanol–water partition coefficient (Wildman–Crippen LogP) is 4.26. The average molecular weight is 354 g/mol. The summed E-state index contributed by atoms with van der Waals surface area (Å²) in [6.45, 7) is 5.10. The Balaban J connectivity index is 1.99. The van der Waals surface area contributed by atoms with Gasteiger partial charge in [0.05, 0.1) is 0 Å². The summed E-state index contributed by atoms with van der Waals surface area (Å²) in [4.78, 5) is 23.7. The Kier molecular flexibility index (Phi) is 4.89. The number of carbonyl (C=O) groups is 1. The highest BCUT2D eigenvalue weighted by Gasteiger charge is 2.16. The summed E-state index contributed by atoms with van der Waals surface area (Å²) in [6, 6.07) is 9.96. The van der Waals surface area contributed by atoms with E-state index in [1.165, 1.54) is 13.0 Å². The van der Waals surface area contributed by atoms with Gasteiger partial charge in [0.2, 0.25) is 0 Å². The maximum atomic E-state index is 13.7. The fraction of sp³-hybridized carbons (Fsp3) is 0.238. The molecule has 134 valence electrons. The van der Waals surface area contributed by atoms with E-state index in [1.807, 2.05) is 0 Å². The first-order valence-electron chi connectivity index (χ1n) is 8.30. The first-order valence-corrected chi connectivity index (χ1v) is 8.30. The van der Waals surface area contributed by atoms with Crippen LogP contribution in [0.1, 0.15) is 29.2 Å². The maximum Gasteiger partial charge on any atom is 0.340 e. The minimum Gasteiger partial charge on any atom is -0.488 e. The highest BCUT2D eigenvalue weighted by atomic mass is 19.1. The molecule has 1 aromatic heterocycles. The molecule has 0 aliphatic carbocycles. The number of carbonyl (C=O) groups excluding carboxylic acids is 1. The van der Waals surface area contributed by atoms with Gasteiger partial charge in [0.25, 0.3) is 0 Å². The summed E-state index contributed by atoms with van der Waals surface area (Å²) in [5.74, 6) is 0.0890. The molecule has 0 fully saturated rings. The number of hydrogen-bond acceptors (Lipinski definition) is 4. The third-order valence-electron chi connectivity index (χ3n) is 4.42. The summed E-state index contributed by atoms with van der Waals surface area (Å²) in [5, 5.41) is 0.761. The van der Waals surface area contributed by atoms with Gasteiger partial charge in [0.1, 0.15) is 29.5 Å². The number of Topliss-reactive ketones (excluding diaryl/α,β-unsaturated/α-hetero) is 1. The molecule has 0 N–H and O–H groups in total. The second-order valence-corrected chi connectivity index (χ2v) is 6.32. The van der Waals surface area contributed by atoms with Crippen LogP contribution in [0, 0.1) is 19.7 Å². The Bertz CT molecular complexity index is 1050. The molecule has 3 aromatic rings. The first kappa shape index (κ1) is 17.9. The number of ether oxygens (including phenoxy) is 1. The molecular formula is C21H19FO4. The van der Waals surface area contributed by atoms with Crippen molar-refractivity contribution in [3.8, 4) is 5.75 Å². The number of ketones is 1. The zero-order chi connectivity index (χ0) is 18.8. The molecule has 0 saturated carbocycles. The lowest BCUT2D eigenvalue weighted by molar-refractivity contribution is -0.116. The standard InChI is InChI=1S/C21H19FO4/c1-12(23)10-17-13(2)16-8-9-19(14(3)20(16)26-21(17)24)25-11-15-6-4-5-7-18(15)22/h4-9H,10-11H2,1-3H3. The van der Waals surface area contributed by atoms with Gasteiger partial charge in [0, 0.05) is 28.5 Å². The largest absolute Gasteiger partial charge is 0.488 e. The van der Waals surface area contributed by atoms with Crippen LogP contribution in [0.2, 0.25) is 0 Å². The molecule has 26 heavy (non-hydrogen) atoms. The third kappa shape index (κ3) is 3.38. The molecule has 3 rings (SSSR count). The molecule has 0 radical (unpaired) electrons. The molecule has 1 heterocycles. The van der Waals surface area contributed by atoms with E-state index in [9.17, 15) is 14.0 Å². The van der Waals surface area contributed by atoms with E-state index >= 15 is 0 Å². The van der Waals surface area contributed by atoms with Crippen LogP contribution in [0.3, 0.4) is 0 Å². The van der Waals surface area contributed by atoms with Gasteiger partial charge in [-0.1, -0.05) is 18.2 Å². The van der Waals surface area contributed by atoms with Crippen LogP contribution in [0.5, 0.6) is 5.75 Å². The van der Waals surface area contributed by atoms with E-state index in [1.54, 1.807) is 44.2 Å². The summed E-state index contributed by atoms with van der Waals surface area (Å²) in [6.07, 6.45) is 0.0503. The molecule has 4 nitrogen and oxygen atoms in total. The summed E-state index contributed by atoms with van der Waals surface area (Å²) >= 11 is 0. The smallest absolute Gasteiger partial charge is 0.340 e. The van der Waals surface area contributed by atoms with Crippen molar-refractivity contribution in [2.45, 2.75) is 33.8 Å². The number of rotatable bonds is 5. The Morgan fingerprint density at radius 1 is 1.12 bits per heavy atom. The Labute approximate surface area is 150 Å². The fourth-order valence-corrected chi connectivity index (χ4v) is 2.95. The van der Waals surface area contributed by atoms with Crippen LogP contribution in [0.15, 0.2) is 45.6 Å². The average Bonchev–Trinajstić information content (AvgIpc) is 2.60. The Morgan fingerprint density at radius 3 is 2.54 bits per heavy atom. The van der Waals surface area contributed by atoms with E-state index in [0.717, 1.165) is 10.9 Å². The molecule has 0 spiro atoms. The van der Waals surface area contributed by atoms with Crippen LogP contribution in [0.25, 0.3) is 11.0 Å². The second-order valence-electron chi connectivity index (χ2n) is 6.32. The van der Waals surface area contributed by atoms with Gasteiger partial charge in [0.15, 0.2) is 0 Å². The van der Waals surface area contributed by atoms with Crippen molar-refractivity contribution in [1.82, 2.24) is 0 Å². The minimum atomic E-state index is -0.514. The van der Waals surface area contributed by atoms with Crippen LogP contribution < -0.4 is 10.4 Å². The van der Waals surface area contributed by atoms with Crippen LogP contribution in [0.4, 0.5) is 4.39 Å². The summed E-state index contributed by atoms with van der Waals surface area (Å²) < 4.78 is 24.9. The number of benzene rings is 2. The molecule has 0 atom stereocenters. The van der Waals surface area contributed by atoms with Crippen molar-refractivity contribution in [2.75, 3.05) is 0 Å². The Hall–Kier alpha value is -2.95. The van der Waals surface area contributed by atoms with Crippen molar-refractivity contribution in [2.24, 2.45) is 0 Å². The molecule has 0 bridgehead atoms. The van der Waals surface area contributed by atoms with Gasteiger partial charge in [-0.2, -0.15) is 0 Å². The molecule has 5 heteroatoms. The van der Waals surface area contributed by atoms with E-state index in [0.29, 0.717) is 28.0 Å². The zero-order valence-corrected chi connectivity index (χ0v) is 14.9. The second kappa shape index (κ2) is 7.12. The van der Waals surface area contributed by atoms with Gasteiger partial charge < -0.3 is 9.15 Å². The van der Waals surface area contributed by atoms with Gasteiger partial charge in [-0.3, -0.25) is 4.79 Å². The molecule has 2 aromatic carbocycles. The molecule has 0 saturated heterocycles. The fourth-order valence-electron chi connectivity index (χ4n) is 2.95. The lowest BCUT2D eigenvalue weighted by Gasteiger charge is -2.13. The topological polar surface area (TPSA) is 56.5 Å². The normalized spacial score (nSPS) is 10.9. The van der Waals surface area contributed by atoms with Crippen molar-refractivity contribution in [3.63, 3.8) is 0 Å². The minimum absolute atomic E-state index is 0.0503. The van der Waals surface area contributed by atoms with Gasteiger partial charge >= 0.3 is 5.63 Å². The highest BCUT2D eigenvalue weighted by molar-refractivity contribution is 5.87. The first-order chi connectivity index (χ1) is 12.4. The quantitative estimate of drug-likeness (QED) is 0.643. The number of fused-ring (bicyclic) bond motifs is 1. The highest BCUT2D eigenvalue weighted by Crippen LogP contribution is 2.30. The van der Waals surface area contributed by atoms with Crippen LogP contribution in [-0.2, 0) is 17.8 Å². The molecule has 0 amide bonds. The third-order valence-corrected chi connectivity index (χ3v) is 4.42. The summed E-state index contributed by atoms with van der Waals surface area (Å²) in [7, 11) is 0. The maximum absolute atomic E-state index is 13.7. The monoisotopic (exact) mass is 354 g/mol.